The number of sulfone groups is 1. The van der Waals surface area contributed by atoms with Gasteiger partial charge >= 0.3 is 0 Å². The number of nitrogens with one attached hydrogen (secondary N) is 2. The van der Waals surface area contributed by atoms with Crippen LogP contribution in [0.2, 0.25) is 0 Å². The molecule has 1 atom stereocenters. The molecule has 2 heterocycles. The van der Waals surface area contributed by atoms with Gasteiger partial charge in [0.2, 0.25) is 5.91 Å². The van der Waals surface area contributed by atoms with Gasteiger partial charge in [-0.2, -0.15) is 0 Å². The van der Waals surface area contributed by atoms with Crippen molar-refractivity contribution in [2.24, 2.45) is 5.92 Å². The molecule has 0 saturated carbocycles. The smallest absolute Gasteiger partial charge is 0.253 e. The molecule has 0 bridgehead atoms. The maximum absolute atomic E-state index is 11.9. The van der Waals surface area contributed by atoms with Crippen molar-refractivity contribution in [3.8, 4) is 0 Å². The molecule has 2 rings (SSSR count). The Bertz CT molecular complexity index is 706. The van der Waals surface area contributed by atoms with Crippen molar-refractivity contribution in [3.05, 3.63) is 33.2 Å². The molecule has 1 aromatic rings. The summed E-state index contributed by atoms with van der Waals surface area (Å²) in [5.74, 6) is -0.0597. The van der Waals surface area contributed by atoms with Gasteiger partial charge in [-0.1, -0.05) is 0 Å². The summed E-state index contributed by atoms with van der Waals surface area (Å²) in [6.45, 7) is 3.80. The van der Waals surface area contributed by atoms with E-state index in [9.17, 15) is 18.0 Å². The number of aryl methyl sites for hydroxylation is 2. The van der Waals surface area contributed by atoms with Gasteiger partial charge < -0.3 is 10.3 Å². The monoisotopic (exact) mass is 312 g/mol. The van der Waals surface area contributed by atoms with Gasteiger partial charge in [0, 0.05) is 24.2 Å². The molecule has 2 N–H and O–H groups in total. The van der Waals surface area contributed by atoms with Crippen LogP contribution >= 0.6 is 0 Å². The first-order valence-electron chi connectivity index (χ1n) is 6.93. The Labute approximate surface area is 123 Å². The standard InChI is InChI=1S/C14H20N2O4S/c1-9-5-10(2)16-14(18)12(9)7-15-13(17)6-11-3-4-21(19,20)8-11/h5,11H,3-4,6-8H2,1-2H3,(H,15,17)(H,16,18). The second kappa shape index (κ2) is 6.01. The Kier molecular flexibility index (Phi) is 4.51. The molecule has 6 nitrogen and oxygen atoms in total. The van der Waals surface area contributed by atoms with E-state index in [4.69, 9.17) is 0 Å². The van der Waals surface area contributed by atoms with E-state index in [0.717, 1.165) is 11.3 Å². The molecule has 0 radical (unpaired) electrons. The second-order valence-corrected chi connectivity index (χ2v) is 7.92. The molecule has 0 aliphatic carbocycles. The molecule has 21 heavy (non-hydrogen) atoms. The second-order valence-electron chi connectivity index (χ2n) is 5.69. The molecule has 116 valence electrons. The van der Waals surface area contributed by atoms with E-state index in [0.29, 0.717) is 12.0 Å². The highest BCUT2D eigenvalue weighted by Gasteiger charge is 2.29. The van der Waals surface area contributed by atoms with Crippen LogP contribution in [0, 0.1) is 19.8 Å². The maximum Gasteiger partial charge on any atom is 0.253 e. The van der Waals surface area contributed by atoms with E-state index in [1.165, 1.54) is 0 Å². The largest absolute Gasteiger partial charge is 0.352 e. The lowest BCUT2D eigenvalue weighted by Crippen LogP contribution is -2.29. The number of aromatic amines is 1. The Morgan fingerprint density at radius 3 is 2.71 bits per heavy atom. The molecule has 1 amide bonds. The summed E-state index contributed by atoms with van der Waals surface area (Å²) in [5.41, 5.74) is 1.95. The van der Waals surface area contributed by atoms with Crippen molar-refractivity contribution in [1.82, 2.24) is 10.3 Å². The third kappa shape index (κ3) is 4.17. The van der Waals surface area contributed by atoms with E-state index in [1.807, 2.05) is 13.0 Å². The van der Waals surface area contributed by atoms with Gasteiger partial charge in [0.15, 0.2) is 9.84 Å². The van der Waals surface area contributed by atoms with Crippen LogP contribution in [0.3, 0.4) is 0 Å². The number of H-pyrrole nitrogens is 1. The minimum Gasteiger partial charge on any atom is -0.352 e. The van der Waals surface area contributed by atoms with Gasteiger partial charge in [0.25, 0.3) is 5.56 Å². The number of hydrogen-bond donors (Lipinski definition) is 2. The maximum atomic E-state index is 11.9. The average Bonchev–Trinajstić information content (AvgIpc) is 2.67. The van der Waals surface area contributed by atoms with Crippen molar-refractivity contribution < 1.29 is 13.2 Å². The molecule has 0 aromatic carbocycles. The van der Waals surface area contributed by atoms with Crippen molar-refractivity contribution >= 4 is 15.7 Å². The summed E-state index contributed by atoms with van der Waals surface area (Å²) >= 11 is 0. The van der Waals surface area contributed by atoms with Gasteiger partial charge in [0.1, 0.15) is 0 Å². The predicted molar refractivity (Wildman–Crippen MR) is 79.8 cm³/mol. The summed E-state index contributed by atoms with van der Waals surface area (Å²) in [6.07, 6.45) is 0.738. The molecule has 1 fully saturated rings. The predicted octanol–water partition coefficient (Wildman–Crippen LogP) is 0.433. The highest BCUT2D eigenvalue weighted by atomic mass is 32.2. The Hall–Kier alpha value is -1.63. The minimum absolute atomic E-state index is 0.0879. The molecule has 1 unspecified atom stereocenters. The number of rotatable bonds is 4. The zero-order valence-corrected chi connectivity index (χ0v) is 13.0. The molecule has 7 heteroatoms. The Morgan fingerprint density at radius 2 is 2.14 bits per heavy atom. The number of pyridine rings is 1. The first-order chi connectivity index (χ1) is 9.77. The zero-order valence-electron chi connectivity index (χ0n) is 12.2. The van der Waals surface area contributed by atoms with Gasteiger partial charge in [-0.05, 0) is 37.8 Å². The van der Waals surface area contributed by atoms with Crippen LogP contribution < -0.4 is 10.9 Å². The minimum atomic E-state index is -2.96. The summed E-state index contributed by atoms with van der Waals surface area (Å²) in [6, 6.07) is 1.85. The molecule has 1 aliphatic heterocycles. The fourth-order valence-electron chi connectivity index (χ4n) is 2.66. The number of carbonyl (C=O) groups excluding carboxylic acids is 1. The highest BCUT2D eigenvalue weighted by molar-refractivity contribution is 7.91. The first kappa shape index (κ1) is 15.8. The van der Waals surface area contributed by atoms with Gasteiger partial charge in [-0.15, -0.1) is 0 Å². The number of aromatic nitrogens is 1. The van der Waals surface area contributed by atoms with Crippen LogP contribution in [0.15, 0.2) is 10.9 Å². The molecule has 1 aromatic heterocycles. The van der Waals surface area contributed by atoms with E-state index in [1.54, 1.807) is 6.92 Å². The topological polar surface area (TPSA) is 96.1 Å². The number of amides is 1. The summed E-state index contributed by atoms with van der Waals surface area (Å²) in [5, 5.41) is 2.70. The third-order valence-corrected chi connectivity index (χ3v) is 5.59. The lowest BCUT2D eigenvalue weighted by atomic mass is 10.0. The summed E-state index contributed by atoms with van der Waals surface area (Å²) in [4.78, 5) is 26.4. The van der Waals surface area contributed by atoms with Crippen LogP contribution in [0.25, 0.3) is 0 Å². The van der Waals surface area contributed by atoms with Crippen LogP contribution in [-0.4, -0.2) is 30.8 Å². The van der Waals surface area contributed by atoms with E-state index >= 15 is 0 Å². The van der Waals surface area contributed by atoms with Crippen LogP contribution in [0.1, 0.15) is 29.7 Å². The van der Waals surface area contributed by atoms with Crippen LogP contribution in [0.4, 0.5) is 0 Å². The number of carbonyl (C=O) groups is 1. The normalized spacial score (nSPS) is 20.4. The first-order valence-corrected chi connectivity index (χ1v) is 8.75. The number of hydrogen-bond acceptors (Lipinski definition) is 4. The van der Waals surface area contributed by atoms with Crippen molar-refractivity contribution in [2.75, 3.05) is 11.5 Å². The van der Waals surface area contributed by atoms with Crippen molar-refractivity contribution in [1.29, 1.82) is 0 Å². The summed E-state index contributed by atoms with van der Waals surface area (Å²) in [7, 11) is -2.96. The molecular formula is C14H20N2O4S. The van der Waals surface area contributed by atoms with E-state index in [-0.39, 0.29) is 41.9 Å². The van der Waals surface area contributed by atoms with Gasteiger partial charge in [0.05, 0.1) is 11.5 Å². The van der Waals surface area contributed by atoms with Crippen LogP contribution in [0.5, 0.6) is 0 Å². The molecule has 1 saturated heterocycles. The van der Waals surface area contributed by atoms with Gasteiger partial charge in [-0.25, -0.2) is 8.42 Å². The highest BCUT2D eigenvalue weighted by Crippen LogP contribution is 2.21. The van der Waals surface area contributed by atoms with Crippen LogP contribution in [-0.2, 0) is 21.2 Å². The molecular weight excluding hydrogens is 292 g/mol. The Morgan fingerprint density at radius 1 is 1.43 bits per heavy atom. The third-order valence-electron chi connectivity index (χ3n) is 3.76. The lowest BCUT2D eigenvalue weighted by Gasteiger charge is -2.10. The lowest BCUT2D eigenvalue weighted by molar-refractivity contribution is -0.122. The SMILES string of the molecule is Cc1cc(C)c(CNC(=O)CC2CCS(=O)(=O)C2)c(=O)[nH]1. The van der Waals surface area contributed by atoms with Gasteiger partial charge in [-0.3, -0.25) is 9.59 Å². The molecule has 1 aliphatic rings. The fraction of sp³-hybridized carbons (Fsp3) is 0.571. The van der Waals surface area contributed by atoms with E-state index in [2.05, 4.69) is 10.3 Å². The quantitative estimate of drug-likeness (QED) is 0.843. The zero-order chi connectivity index (χ0) is 15.6. The fourth-order valence-corrected chi connectivity index (χ4v) is 4.52. The Balaban J connectivity index is 1.92. The van der Waals surface area contributed by atoms with Crippen molar-refractivity contribution in [3.63, 3.8) is 0 Å². The average molecular weight is 312 g/mol. The summed E-state index contributed by atoms with van der Waals surface area (Å²) < 4.78 is 22.7. The van der Waals surface area contributed by atoms with E-state index < -0.39 is 9.84 Å². The van der Waals surface area contributed by atoms with Crippen molar-refractivity contribution in [2.45, 2.75) is 33.2 Å². The molecule has 0 spiro atoms.